The normalized spacial score (nSPS) is 26.8. The molecule has 38 heavy (non-hydrogen) atoms. The fraction of sp³-hybridized carbons (Fsp3) is 1.00. The molecule has 0 aromatic heterocycles. The van der Waals surface area contributed by atoms with Crippen LogP contribution in [0, 0.1) is 29.6 Å². The SMILES string of the molecule is CC(N)COCC(C)N.CCN.NCC1CC2CCC1C2.NCC1CCCC(CN)C1.NCCOCCN. The van der Waals surface area contributed by atoms with Gasteiger partial charge in [0.1, 0.15) is 0 Å². The lowest BCUT2D eigenvalue weighted by Crippen LogP contribution is -2.27. The number of fused-ring (bicyclic) bond motifs is 2. The molecule has 10 nitrogen and oxygen atoms in total. The van der Waals surface area contributed by atoms with Gasteiger partial charge < -0.3 is 55.3 Å². The van der Waals surface area contributed by atoms with Crippen LogP contribution in [0.3, 0.4) is 0 Å². The Hall–Kier alpha value is -0.400. The van der Waals surface area contributed by atoms with Gasteiger partial charge >= 0.3 is 0 Å². The van der Waals surface area contributed by atoms with Crippen molar-refractivity contribution in [1.29, 1.82) is 0 Å². The van der Waals surface area contributed by atoms with Gasteiger partial charge in [-0.2, -0.15) is 0 Å². The first-order chi connectivity index (χ1) is 18.2. The van der Waals surface area contributed by atoms with E-state index < -0.39 is 0 Å². The third kappa shape index (κ3) is 23.5. The predicted molar refractivity (Wildman–Crippen MR) is 163 cm³/mol. The third-order valence-corrected chi connectivity index (χ3v) is 7.03. The van der Waals surface area contributed by atoms with Gasteiger partial charge in [0.2, 0.25) is 0 Å². The monoisotopic (exact) mass is 549 g/mol. The van der Waals surface area contributed by atoms with Gasteiger partial charge in [0.05, 0.1) is 26.4 Å². The molecule has 3 fully saturated rings. The highest BCUT2D eigenvalue weighted by Gasteiger charge is 2.38. The van der Waals surface area contributed by atoms with Crippen LogP contribution in [-0.2, 0) is 9.47 Å². The lowest BCUT2D eigenvalue weighted by Gasteiger charge is -2.26. The molecule has 0 heterocycles. The summed E-state index contributed by atoms with van der Waals surface area (Å²) in [6, 6.07) is 0.229. The fourth-order valence-electron chi connectivity index (χ4n) is 5.20. The molecule has 3 saturated carbocycles. The van der Waals surface area contributed by atoms with Gasteiger partial charge in [-0.15, -0.1) is 0 Å². The second-order valence-electron chi connectivity index (χ2n) is 11.1. The summed E-state index contributed by atoms with van der Waals surface area (Å²) in [6.07, 6.45) is 11.2. The molecule has 3 aliphatic carbocycles. The molecule has 3 rings (SSSR count). The first-order valence-corrected chi connectivity index (χ1v) is 15.1. The summed E-state index contributed by atoms with van der Waals surface area (Å²) in [5, 5.41) is 0. The lowest BCUT2D eigenvalue weighted by molar-refractivity contribution is 0.115. The van der Waals surface area contributed by atoms with E-state index in [4.69, 9.17) is 55.3 Å². The summed E-state index contributed by atoms with van der Waals surface area (Å²) in [6.45, 7) is 12.7. The number of hydrogen-bond donors (Lipinski definition) is 8. The molecule has 0 aromatic carbocycles. The van der Waals surface area contributed by atoms with Gasteiger partial charge in [0.15, 0.2) is 0 Å². The summed E-state index contributed by atoms with van der Waals surface area (Å²) in [7, 11) is 0. The number of rotatable bonds is 11. The Balaban J connectivity index is 0. The van der Waals surface area contributed by atoms with E-state index in [2.05, 4.69) is 0 Å². The Bertz CT molecular complexity index is 452. The average Bonchev–Trinajstić information content (AvgIpc) is 3.54. The second-order valence-corrected chi connectivity index (χ2v) is 11.1. The van der Waals surface area contributed by atoms with Crippen LogP contribution >= 0.6 is 0 Å². The maximum atomic E-state index is 5.62. The minimum absolute atomic E-state index is 0.115. The van der Waals surface area contributed by atoms with Crippen LogP contribution in [0.15, 0.2) is 0 Å². The molecule has 232 valence electrons. The van der Waals surface area contributed by atoms with Gasteiger partial charge in [-0.1, -0.05) is 19.8 Å². The van der Waals surface area contributed by atoms with E-state index in [1.54, 1.807) is 0 Å². The average molecular weight is 549 g/mol. The van der Waals surface area contributed by atoms with E-state index in [0.29, 0.717) is 39.5 Å². The topological polar surface area (TPSA) is 227 Å². The quantitative estimate of drug-likeness (QED) is 0.168. The Labute approximate surface area is 235 Å². The van der Waals surface area contributed by atoms with Crippen LogP contribution in [0.25, 0.3) is 0 Å². The third-order valence-electron chi connectivity index (χ3n) is 7.03. The molecule has 0 spiro atoms. The molecular formula is C28H68N8O2. The fourth-order valence-corrected chi connectivity index (χ4v) is 5.20. The number of hydrogen-bond acceptors (Lipinski definition) is 10. The van der Waals surface area contributed by atoms with Crippen molar-refractivity contribution >= 4 is 0 Å². The van der Waals surface area contributed by atoms with E-state index in [1.165, 1.54) is 51.4 Å². The Morgan fingerprint density at radius 1 is 0.658 bits per heavy atom. The van der Waals surface area contributed by atoms with Crippen molar-refractivity contribution < 1.29 is 9.47 Å². The van der Waals surface area contributed by atoms with Crippen molar-refractivity contribution in [3.63, 3.8) is 0 Å². The first kappa shape index (κ1) is 39.7. The lowest BCUT2D eigenvalue weighted by atomic mass is 9.81. The highest BCUT2D eigenvalue weighted by atomic mass is 16.5. The van der Waals surface area contributed by atoms with E-state index in [-0.39, 0.29) is 12.1 Å². The van der Waals surface area contributed by atoms with E-state index in [0.717, 1.165) is 55.8 Å². The molecule has 7 atom stereocenters. The zero-order valence-electron chi connectivity index (χ0n) is 25.2. The highest BCUT2D eigenvalue weighted by molar-refractivity contribution is 4.90. The molecule has 0 amide bonds. The van der Waals surface area contributed by atoms with E-state index in [1.807, 2.05) is 20.8 Å². The van der Waals surface area contributed by atoms with Gasteiger partial charge in [-0.05, 0) is 108 Å². The minimum Gasteiger partial charge on any atom is -0.379 e. The van der Waals surface area contributed by atoms with Crippen LogP contribution in [0.5, 0.6) is 0 Å². The van der Waals surface area contributed by atoms with Crippen LogP contribution in [0.1, 0.15) is 72.1 Å². The maximum Gasteiger partial charge on any atom is 0.0615 e. The molecule has 0 radical (unpaired) electrons. The van der Waals surface area contributed by atoms with Crippen molar-refractivity contribution in [2.24, 2.45) is 75.5 Å². The summed E-state index contributed by atoms with van der Waals surface area (Å²) in [5.74, 6) is 4.54. The van der Waals surface area contributed by atoms with Gasteiger partial charge in [-0.3, -0.25) is 0 Å². The van der Waals surface area contributed by atoms with Crippen LogP contribution < -0.4 is 45.9 Å². The van der Waals surface area contributed by atoms with Gasteiger partial charge in [0.25, 0.3) is 0 Å². The molecule has 2 bridgehead atoms. The molecule has 0 aromatic rings. The number of nitrogens with two attached hydrogens (primary N) is 8. The predicted octanol–water partition coefficient (Wildman–Crippen LogP) is 0.674. The van der Waals surface area contributed by atoms with Crippen molar-refractivity contribution in [3.8, 4) is 0 Å². The zero-order chi connectivity index (χ0) is 29.2. The molecule has 0 saturated heterocycles. The van der Waals surface area contributed by atoms with E-state index in [9.17, 15) is 0 Å². The molecule has 7 unspecified atom stereocenters. The summed E-state index contributed by atoms with van der Waals surface area (Å²) in [5.41, 5.74) is 42.7. The summed E-state index contributed by atoms with van der Waals surface area (Å²) >= 11 is 0. The summed E-state index contributed by atoms with van der Waals surface area (Å²) < 4.78 is 9.99. The van der Waals surface area contributed by atoms with Crippen molar-refractivity contribution in [1.82, 2.24) is 0 Å². The molecular weight excluding hydrogens is 480 g/mol. The Kier molecular flexibility index (Phi) is 29.4. The maximum absolute atomic E-state index is 5.62. The first-order valence-electron chi connectivity index (χ1n) is 15.1. The van der Waals surface area contributed by atoms with Crippen LogP contribution in [-0.4, -0.2) is 77.8 Å². The van der Waals surface area contributed by atoms with Crippen molar-refractivity contribution in [3.05, 3.63) is 0 Å². The standard InChI is InChI=1S/C8H18N2.C8H15N.C6H16N2O.C4H12N2O.C2H7N/c9-5-7-2-1-3-8(4-7)6-10;9-5-8-4-6-1-2-7(8)3-6;1-5(7)3-9-4-6(2)8;5-1-3-7-4-2-6;1-2-3/h7-8H,1-6,9-10H2;6-8H,1-5,9H2;5-6H,3-4,7-8H2,1-2H3;1-6H2;2-3H2,1H3. The van der Waals surface area contributed by atoms with Gasteiger partial charge in [-0.25, -0.2) is 0 Å². The largest absolute Gasteiger partial charge is 0.379 e. The van der Waals surface area contributed by atoms with E-state index >= 15 is 0 Å². The van der Waals surface area contributed by atoms with Crippen molar-refractivity contribution in [2.75, 3.05) is 65.7 Å². The minimum atomic E-state index is 0.115. The Morgan fingerprint density at radius 2 is 1.16 bits per heavy atom. The number of ether oxygens (including phenoxy) is 2. The summed E-state index contributed by atoms with van der Waals surface area (Å²) in [4.78, 5) is 0. The highest BCUT2D eigenvalue weighted by Crippen LogP contribution is 2.47. The molecule has 0 aliphatic heterocycles. The van der Waals surface area contributed by atoms with Crippen molar-refractivity contribution in [2.45, 2.75) is 84.2 Å². The smallest absolute Gasteiger partial charge is 0.0615 e. The second kappa shape index (κ2) is 28.1. The van der Waals surface area contributed by atoms with Gasteiger partial charge in [0, 0.05) is 25.2 Å². The zero-order valence-corrected chi connectivity index (χ0v) is 25.2. The van der Waals surface area contributed by atoms with Crippen LogP contribution in [0.4, 0.5) is 0 Å². The Morgan fingerprint density at radius 3 is 1.45 bits per heavy atom. The molecule has 10 heteroatoms. The molecule has 16 N–H and O–H groups in total. The van der Waals surface area contributed by atoms with Crippen LogP contribution in [0.2, 0.25) is 0 Å². The molecule has 3 aliphatic rings.